The van der Waals surface area contributed by atoms with E-state index in [1.807, 2.05) is 6.92 Å². The number of benzene rings is 1. The first-order valence-corrected chi connectivity index (χ1v) is 11.0. The van der Waals surface area contributed by atoms with Gasteiger partial charge >= 0.3 is 6.09 Å². The van der Waals surface area contributed by atoms with E-state index in [0.29, 0.717) is 41.2 Å². The molecule has 2 aromatic heterocycles. The third-order valence-corrected chi connectivity index (χ3v) is 5.98. The number of hydroxylamine groups is 2. The minimum atomic E-state index is -0.574. The zero-order chi connectivity index (χ0) is 23.5. The fourth-order valence-electron chi connectivity index (χ4n) is 3.40. The Kier molecular flexibility index (Phi) is 6.83. The van der Waals surface area contributed by atoms with Crippen LogP contribution in [0, 0.1) is 0 Å². The molecular formula is C22H22Cl2N6O3. The second-order valence-electron chi connectivity index (χ2n) is 7.69. The Morgan fingerprint density at radius 3 is 2.79 bits per heavy atom. The number of nitrogens with one attached hydrogen (secondary N) is 2. The van der Waals surface area contributed by atoms with Crippen molar-refractivity contribution in [3.8, 4) is 0 Å². The minimum Gasteiger partial charge on any atom is -0.351 e. The van der Waals surface area contributed by atoms with E-state index in [-0.39, 0.29) is 11.6 Å². The Labute approximate surface area is 200 Å². The summed E-state index contributed by atoms with van der Waals surface area (Å²) in [5, 5.41) is 8.31. The molecule has 0 aliphatic carbocycles. The Balaban J connectivity index is 1.37. The number of aromatic nitrogens is 3. The van der Waals surface area contributed by atoms with Gasteiger partial charge in [-0.3, -0.25) is 4.79 Å². The van der Waals surface area contributed by atoms with Crippen molar-refractivity contribution >= 4 is 40.9 Å². The van der Waals surface area contributed by atoms with Crippen LogP contribution in [0.5, 0.6) is 0 Å². The van der Waals surface area contributed by atoms with Crippen LogP contribution < -0.4 is 16.2 Å². The molecule has 0 unspecified atom stereocenters. The molecule has 3 aromatic rings. The van der Waals surface area contributed by atoms with Crippen LogP contribution in [-0.2, 0) is 24.9 Å². The summed E-state index contributed by atoms with van der Waals surface area (Å²) in [5.41, 5.74) is 3.15. The summed E-state index contributed by atoms with van der Waals surface area (Å²) in [6.45, 7) is 2.68. The van der Waals surface area contributed by atoms with E-state index in [1.165, 1.54) is 10.6 Å². The molecule has 33 heavy (non-hydrogen) atoms. The summed E-state index contributed by atoms with van der Waals surface area (Å²) in [6, 6.07) is 8.01. The number of aryl methyl sites for hydroxylation is 1. The number of carbonyl (C=O) groups excluding carboxylic acids is 1. The van der Waals surface area contributed by atoms with E-state index >= 15 is 0 Å². The fraction of sp³-hybridized carbons (Fsp3) is 0.273. The molecule has 9 nitrogen and oxygen atoms in total. The van der Waals surface area contributed by atoms with Gasteiger partial charge in [-0.25, -0.2) is 14.8 Å². The van der Waals surface area contributed by atoms with Crippen LogP contribution in [0.2, 0.25) is 10.0 Å². The van der Waals surface area contributed by atoms with Crippen molar-refractivity contribution in [2.24, 2.45) is 7.05 Å². The van der Waals surface area contributed by atoms with Crippen molar-refractivity contribution in [3.63, 3.8) is 0 Å². The average molecular weight is 489 g/mol. The van der Waals surface area contributed by atoms with Crippen molar-refractivity contribution in [2.75, 3.05) is 11.9 Å². The summed E-state index contributed by atoms with van der Waals surface area (Å²) in [6.07, 6.45) is 3.50. The molecule has 1 aromatic carbocycles. The standard InChI is InChI=1S/C22H22Cl2N6O3/c1-13(14-3-5-17(23)18(24)9-14)26-22(32)33-30-8-7-15-10-25-21(28-19(15)12-30)27-16-4-6-20(31)29(2)11-16/h3-6,9-11,13H,7-8,12H2,1-2H3,(H,26,32)(H,25,27,28)/t13-/m1/s1. The monoisotopic (exact) mass is 488 g/mol. The van der Waals surface area contributed by atoms with Crippen molar-refractivity contribution in [1.29, 1.82) is 0 Å². The molecular weight excluding hydrogens is 467 g/mol. The Hall–Kier alpha value is -3.14. The number of nitrogens with zero attached hydrogens (tertiary/aromatic N) is 4. The van der Waals surface area contributed by atoms with Crippen molar-refractivity contribution in [3.05, 3.63) is 79.9 Å². The van der Waals surface area contributed by atoms with E-state index in [9.17, 15) is 9.59 Å². The van der Waals surface area contributed by atoms with Crippen molar-refractivity contribution in [2.45, 2.75) is 25.9 Å². The summed E-state index contributed by atoms with van der Waals surface area (Å²) >= 11 is 12.0. The van der Waals surface area contributed by atoms with Gasteiger partial charge in [-0.05, 0) is 42.7 Å². The van der Waals surface area contributed by atoms with E-state index in [1.54, 1.807) is 48.8 Å². The molecule has 3 heterocycles. The van der Waals surface area contributed by atoms with E-state index < -0.39 is 6.09 Å². The highest BCUT2D eigenvalue weighted by atomic mass is 35.5. The second kappa shape index (κ2) is 9.78. The molecule has 0 bridgehead atoms. The molecule has 172 valence electrons. The summed E-state index contributed by atoms with van der Waals surface area (Å²) < 4.78 is 1.47. The van der Waals surface area contributed by atoms with E-state index in [4.69, 9.17) is 28.0 Å². The number of anilines is 2. The largest absolute Gasteiger partial charge is 0.426 e. The van der Waals surface area contributed by atoms with Crippen LogP contribution in [0.1, 0.15) is 29.8 Å². The number of rotatable bonds is 5. The van der Waals surface area contributed by atoms with Crippen LogP contribution in [0.15, 0.2) is 47.5 Å². The van der Waals surface area contributed by atoms with Gasteiger partial charge in [0.1, 0.15) is 0 Å². The predicted octanol–water partition coefficient (Wildman–Crippen LogP) is 3.99. The molecule has 11 heteroatoms. The maximum atomic E-state index is 12.4. The number of hydrogen-bond donors (Lipinski definition) is 2. The van der Waals surface area contributed by atoms with Crippen LogP contribution in [0.3, 0.4) is 0 Å². The van der Waals surface area contributed by atoms with E-state index in [0.717, 1.165) is 16.8 Å². The summed E-state index contributed by atoms with van der Waals surface area (Å²) in [7, 11) is 1.67. The SMILES string of the molecule is C[C@@H](NC(=O)ON1CCc2cnc(Nc3ccc(=O)n(C)c3)nc2C1)c1ccc(Cl)c(Cl)c1. The predicted molar refractivity (Wildman–Crippen MR) is 126 cm³/mol. The Bertz CT molecular complexity index is 1250. The molecule has 0 radical (unpaired) electrons. The third-order valence-electron chi connectivity index (χ3n) is 5.24. The molecule has 0 spiro atoms. The van der Waals surface area contributed by atoms with E-state index in [2.05, 4.69) is 20.6 Å². The zero-order valence-electron chi connectivity index (χ0n) is 18.0. The maximum absolute atomic E-state index is 12.4. The Morgan fingerprint density at radius 1 is 1.21 bits per heavy atom. The molecule has 0 saturated heterocycles. The molecule has 0 fully saturated rings. The van der Waals surface area contributed by atoms with Gasteiger partial charge in [-0.1, -0.05) is 29.3 Å². The third kappa shape index (κ3) is 5.62. The van der Waals surface area contributed by atoms with Gasteiger partial charge < -0.3 is 20.0 Å². The number of halogens is 2. The van der Waals surface area contributed by atoms with Crippen LogP contribution in [-0.4, -0.2) is 32.2 Å². The first-order valence-electron chi connectivity index (χ1n) is 10.3. The number of fused-ring (bicyclic) bond motifs is 1. The van der Waals surface area contributed by atoms with Crippen LogP contribution in [0.25, 0.3) is 0 Å². The first kappa shape index (κ1) is 23.0. The number of hydrogen-bond acceptors (Lipinski definition) is 7. The lowest BCUT2D eigenvalue weighted by Crippen LogP contribution is -2.38. The van der Waals surface area contributed by atoms with Gasteiger partial charge in [-0.15, -0.1) is 5.06 Å². The molecule has 1 aliphatic heterocycles. The molecule has 1 aliphatic rings. The Morgan fingerprint density at radius 2 is 2.03 bits per heavy atom. The first-order chi connectivity index (χ1) is 15.8. The lowest BCUT2D eigenvalue weighted by atomic mass is 10.1. The zero-order valence-corrected chi connectivity index (χ0v) is 19.5. The summed E-state index contributed by atoms with van der Waals surface area (Å²) in [5.74, 6) is 0.395. The van der Waals surface area contributed by atoms with Crippen molar-refractivity contribution < 1.29 is 9.63 Å². The minimum absolute atomic E-state index is 0.105. The van der Waals surface area contributed by atoms with Crippen molar-refractivity contribution in [1.82, 2.24) is 24.9 Å². The van der Waals surface area contributed by atoms with Crippen LogP contribution >= 0.6 is 23.2 Å². The molecule has 2 N–H and O–H groups in total. The number of carbonyl (C=O) groups is 1. The number of amides is 1. The molecule has 0 saturated carbocycles. The smallest absolute Gasteiger partial charge is 0.351 e. The topological polar surface area (TPSA) is 101 Å². The van der Waals surface area contributed by atoms with Gasteiger partial charge in [0.25, 0.3) is 0 Å². The van der Waals surface area contributed by atoms with Crippen LogP contribution in [0.4, 0.5) is 16.4 Å². The maximum Gasteiger partial charge on any atom is 0.426 e. The van der Waals surface area contributed by atoms with Gasteiger partial charge in [-0.2, -0.15) is 0 Å². The fourth-order valence-corrected chi connectivity index (χ4v) is 3.71. The molecule has 1 atom stereocenters. The molecule has 4 rings (SSSR count). The average Bonchev–Trinajstić information content (AvgIpc) is 2.78. The highest BCUT2D eigenvalue weighted by molar-refractivity contribution is 6.42. The quantitative estimate of drug-likeness (QED) is 0.559. The highest BCUT2D eigenvalue weighted by Crippen LogP contribution is 2.26. The lowest BCUT2D eigenvalue weighted by molar-refractivity contribution is -0.112. The molecule has 1 amide bonds. The summed E-state index contributed by atoms with van der Waals surface area (Å²) in [4.78, 5) is 38.4. The van der Waals surface area contributed by atoms with Gasteiger partial charge in [0, 0.05) is 32.1 Å². The number of pyridine rings is 1. The highest BCUT2D eigenvalue weighted by Gasteiger charge is 2.23. The second-order valence-corrected chi connectivity index (χ2v) is 8.50. The van der Waals surface area contributed by atoms with Gasteiger partial charge in [0.05, 0.1) is 34.0 Å². The normalized spacial score (nSPS) is 14.3. The van der Waals surface area contributed by atoms with Gasteiger partial charge in [0.2, 0.25) is 11.5 Å². The lowest BCUT2D eigenvalue weighted by Gasteiger charge is -2.27. The van der Waals surface area contributed by atoms with Gasteiger partial charge in [0.15, 0.2) is 0 Å².